The molecule has 0 saturated carbocycles. The molecule has 0 aliphatic rings. The van der Waals surface area contributed by atoms with Crippen LogP contribution in [-0.4, -0.2) is 30.4 Å². The molecule has 0 aromatic heterocycles. The molecule has 0 aliphatic heterocycles. The second kappa shape index (κ2) is 8.39. The van der Waals surface area contributed by atoms with Crippen molar-refractivity contribution in [1.82, 2.24) is 4.90 Å². The Labute approximate surface area is 135 Å². The average Bonchev–Trinajstić information content (AvgIpc) is 2.44. The maximum Gasteiger partial charge on any atom is 0.416 e. The minimum absolute atomic E-state index is 0. The summed E-state index contributed by atoms with van der Waals surface area (Å²) in [6.07, 6.45) is -4.10. The van der Waals surface area contributed by atoms with Gasteiger partial charge in [-0.05, 0) is 25.0 Å². The van der Waals surface area contributed by atoms with E-state index in [1.807, 2.05) is 6.92 Å². The Hall–Kier alpha value is -1.27. The van der Waals surface area contributed by atoms with Crippen LogP contribution in [0.3, 0.4) is 0 Å². The largest absolute Gasteiger partial charge is 0.416 e. The summed E-state index contributed by atoms with van der Waals surface area (Å²) in [7, 11) is 1.66. The highest BCUT2D eigenvalue weighted by atomic mass is 35.5. The molecule has 1 aromatic rings. The van der Waals surface area contributed by atoms with Crippen LogP contribution in [0, 0.1) is 5.92 Å². The molecular weight excluding hydrogens is 317 g/mol. The number of nitrogens with zero attached hydrogens (tertiary/aromatic N) is 1. The third kappa shape index (κ3) is 5.50. The first-order valence-electron chi connectivity index (χ1n) is 6.79. The molecule has 0 bridgehead atoms. The highest BCUT2D eigenvalue weighted by Crippen LogP contribution is 2.30. The molecule has 2 atom stereocenters. The van der Waals surface area contributed by atoms with E-state index in [-0.39, 0.29) is 30.8 Å². The maximum atomic E-state index is 12.7. The molecule has 2 unspecified atom stereocenters. The van der Waals surface area contributed by atoms with Crippen molar-refractivity contribution >= 4 is 18.3 Å². The van der Waals surface area contributed by atoms with E-state index in [2.05, 4.69) is 0 Å². The van der Waals surface area contributed by atoms with Gasteiger partial charge in [0.15, 0.2) is 0 Å². The van der Waals surface area contributed by atoms with Gasteiger partial charge in [0.25, 0.3) is 0 Å². The summed E-state index contributed by atoms with van der Waals surface area (Å²) in [4.78, 5) is 13.7. The van der Waals surface area contributed by atoms with Gasteiger partial charge in [0.05, 0.1) is 5.56 Å². The highest BCUT2D eigenvalue weighted by molar-refractivity contribution is 5.85. The number of halogens is 4. The number of hydrogen-bond acceptors (Lipinski definition) is 2. The average molecular weight is 339 g/mol. The van der Waals surface area contributed by atoms with Crippen LogP contribution in [0.2, 0.25) is 0 Å². The SMILES string of the molecule is CC(Cc1cccc(C(F)(F)F)c1)C(=O)N(C)C(C)CN.Cl. The fraction of sp³-hybridized carbons (Fsp3) is 0.533. The van der Waals surface area contributed by atoms with E-state index >= 15 is 0 Å². The van der Waals surface area contributed by atoms with Gasteiger partial charge >= 0.3 is 6.18 Å². The zero-order valence-electron chi connectivity index (χ0n) is 12.9. The molecule has 0 saturated heterocycles. The number of nitrogens with two attached hydrogens (primary N) is 1. The van der Waals surface area contributed by atoms with Gasteiger partial charge in [-0.1, -0.05) is 25.1 Å². The number of carbonyl (C=O) groups excluding carboxylic acids is 1. The predicted molar refractivity (Wildman–Crippen MR) is 82.8 cm³/mol. The molecule has 1 rings (SSSR count). The van der Waals surface area contributed by atoms with Crippen LogP contribution in [0.5, 0.6) is 0 Å². The standard InChI is InChI=1S/C15H21F3N2O.ClH/c1-10(14(21)20(3)11(2)9-19)7-12-5-4-6-13(8-12)15(16,17)18;/h4-6,8,10-11H,7,9,19H2,1-3H3;1H. The van der Waals surface area contributed by atoms with Crippen LogP contribution in [0.4, 0.5) is 13.2 Å². The van der Waals surface area contributed by atoms with Crippen molar-refractivity contribution in [3.63, 3.8) is 0 Å². The van der Waals surface area contributed by atoms with Crippen molar-refractivity contribution in [3.8, 4) is 0 Å². The number of benzene rings is 1. The van der Waals surface area contributed by atoms with Gasteiger partial charge in [-0.2, -0.15) is 13.2 Å². The lowest BCUT2D eigenvalue weighted by Crippen LogP contribution is -2.42. The monoisotopic (exact) mass is 338 g/mol. The van der Waals surface area contributed by atoms with Gasteiger partial charge < -0.3 is 10.6 Å². The van der Waals surface area contributed by atoms with Gasteiger partial charge in [0, 0.05) is 25.6 Å². The normalized spacial score (nSPS) is 14.0. The molecular formula is C15H22ClF3N2O. The summed E-state index contributed by atoms with van der Waals surface area (Å²) in [6.45, 7) is 3.88. The molecule has 2 N–H and O–H groups in total. The first-order chi connectivity index (χ1) is 9.66. The quantitative estimate of drug-likeness (QED) is 0.896. The van der Waals surface area contributed by atoms with Crippen molar-refractivity contribution in [1.29, 1.82) is 0 Å². The van der Waals surface area contributed by atoms with Crippen molar-refractivity contribution in [2.45, 2.75) is 32.5 Å². The number of hydrogen-bond donors (Lipinski definition) is 1. The minimum Gasteiger partial charge on any atom is -0.342 e. The summed E-state index contributed by atoms with van der Waals surface area (Å²) in [6, 6.07) is 4.99. The number of amides is 1. The summed E-state index contributed by atoms with van der Waals surface area (Å²) in [5.74, 6) is -0.516. The molecule has 1 aromatic carbocycles. The molecule has 0 spiro atoms. The topological polar surface area (TPSA) is 46.3 Å². The smallest absolute Gasteiger partial charge is 0.342 e. The molecule has 0 fully saturated rings. The van der Waals surface area contributed by atoms with Crippen LogP contribution in [0.25, 0.3) is 0 Å². The molecule has 1 amide bonds. The van der Waals surface area contributed by atoms with Crippen molar-refractivity contribution in [3.05, 3.63) is 35.4 Å². The van der Waals surface area contributed by atoms with Crippen LogP contribution in [0.1, 0.15) is 25.0 Å². The van der Waals surface area contributed by atoms with Crippen molar-refractivity contribution in [2.24, 2.45) is 11.7 Å². The van der Waals surface area contributed by atoms with Gasteiger partial charge in [0.1, 0.15) is 0 Å². The Morgan fingerprint density at radius 1 is 1.32 bits per heavy atom. The summed E-state index contributed by atoms with van der Waals surface area (Å²) in [5.41, 5.74) is 5.32. The fourth-order valence-electron chi connectivity index (χ4n) is 2.04. The highest BCUT2D eigenvalue weighted by Gasteiger charge is 2.30. The van der Waals surface area contributed by atoms with Crippen LogP contribution in [-0.2, 0) is 17.4 Å². The zero-order valence-corrected chi connectivity index (χ0v) is 13.7. The molecule has 0 heterocycles. The second-order valence-electron chi connectivity index (χ2n) is 5.34. The van der Waals surface area contributed by atoms with E-state index in [9.17, 15) is 18.0 Å². The number of likely N-dealkylation sites (N-methyl/N-ethyl adjacent to an activating group) is 1. The third-order valence-electron chi connectivity index (χ3n) is 3.57. The first kappa shape index (κ1) is 20.7. The van der Waals surface area contributed by atoms with E-state index in [4.69, 9.17) is 5.73 Å². The Kier molecular flexibility index (Phi) is 7.90. The summed E-state index contributed by atoms with van der Waals surface area (Å²) in [5, 5.41) is 0. The number of rotatable bonds is 5. The number of alkyl halides is 3. The summed E-state index contributed by atoms with van der Waals surface area (Å²) >= 11 is 0. The first-order valence-corrected chi connectivity index (χ1v) is 6.79. The molecule has 22 heavy (non-hydrogen) atoms. The lowest BCUT2D eigenvalue weighted by atomic mass is 9.98. The molecule has 0 aliphatic carbocycles. The predicted octanol–water partition coefficient (Wildman–Crippen LogP) is 3.11. The fourth-order valence-corrected chi connectivity index (χ4v) is 2.04. The van der Waals surface area contributed by atoms with Crippen LogP contribution in [0.15, 0.2) is 24.3 Å². The van der Waals surface area contributed by atoms with Crippen LogP contribution >= 0.6 is 12.4 Å². The van der Waals surface area contributed by atoms with Crippen LogP contribution < -0.4 is 5.73 Å². The van der Waals surface area contributed by atoms with Gasteiger partial charge in [-0.25, -0.2) is 0 Å². The van der Waals surface area contributed by atoms with Crippen molar-refractivity contribution < 1.29 is 18.0 Å². The second-order valence-corrected chi connectivity index (χ2v) is 5.34. The van der Waals surface area contributed by atoms with E-state index in [1.165, 1.54) is 11.0 Å². The Morgan fingerprint density at radius 3 is 2.41 bits per heavy atom. The molecule has 7 heteroatoms. The van der Waals surface area contributed by atoms with Gasteiger partial charge in [-0.15, -0.1) is 12.4 Å². The van der Waals surface area contributed by atoms with Gasteiger partial charge in [-0.3, -0.25) is 4.79 Å². The third-order valence-corrected chi connectivity index (χ3v) is 3.57. The Morgan fingerprint density at radius 2 is 1.91 bits per heavy atom. The number of carbonyl (C=O) groups is 1. The van der Waals surface area contributed by atoms with Gasteiger partial charge in [0.2, 0.25) is 5.91 Å². The lowest BCUT2D eigenvalue weighted by Gasteiger charge is -2.26. The van der Waals surface area contributed by atoms with E-state index < -0.39 is 17.7 Å². The van der Waals surface area contributed by atoms with Crippen molar-refractivity contribution in [2.75, 3.05) is 13.6 Å². The molecule has 126 valence electrons. The zero-order chi connectivity index (χ0) is 16.2. The molecule has 0 radical (unpaired) electrons. The van der Waals surface area contributed by atoms with E-state index in [1.54, 1.807) is 20.0 Å². The summed E-state index contributed by atoms with van der Waals surface area (Å²) < 4.78 is 38.0. The lowest BCUT2D eigenvalue weighted by molar-refractivity contribution is -0.137. The minimum atomic E-state index is -4.37. The molecule has 3 nitrogen and oxygen atoms in total. The van der Waals surface area contributed by atoms with E-state index in [0.717, 1.165) is 12.1 Å². The van der Waals surface area contributed by atoms with E-state index in [0.29, 0.717) is 12.1 Å². The maximum absolute atomic E-state index is 12.7. The Bertz CT molecular complexity index is 494. The Balaban J connectivity index is 0.00000441.